The monoisotopic (exact) mass is 279 g/mol. The van der Waals surface area contributed by atoms with Crippen molar-refractivity contribution in [3.8, 4) is 0 Å². The maximum Gasteiger partial charge on any atom is 0.416 e. The van der Waals surface area contributed by atoms with Crippen molar-refractivity contribution in [1.82, 2.24) is 0 Å². The van der Waals surface area contributed by atoms with Crippen molar-refractivity contribution in [3.05, 3.63) is 28.8 Å². The largest absolute Gasteiger partial charge is 0.416 e. The van der Waals surface area contributed by atoms with Crippen LogP contribution >= 0.6 is 11.6 Å². The van der Waals surface area contributed by atoms with Gasteiger partial charge in [0.15, 0.2) is 0 Å². The van der Waals surface area contributed by atoms with E-state index in [-0.39, 0.29) is 11.1 Å². The van der Waals surface area contributed by atoms with E-state index in [1.54, 1.807) is 0 Å². The SMILES string of the molecule is CC(C)CC(C)Nc1ccc(C(F)(F)F)cc1Cl. The molecule has 0 aliphatic heterocycles. The molecule has 0 aliphatic carbocycles. The predicted octanol–water partition coefficient (Wildman–Crippen LogP) is 5.21. The highest BCUT2D eigenvalue weighted by Gasteiger charge is 2.30. The Balaban J connectivity index is 2.80. The third-order valence-corrected chi connectivity index (χ3v) is 2.84. The van der Waals surface area contributed by atoms with E-state index >= 15 is 0 Å². The van der Waals surface area contributed by atoms with Crippen LogP contribution in [0, 0.1) is 5.92 Å². The van der Waals surface area contributed by atoms with Crippen LogP contribution in [0.1, 0.15) is 32.8 Å². The molecule has 0 bridgehead atoms. The van der Waals surface area contributed by atoms with Gasteiger partial charge < -0.3 is 5.32 Å². The van der Waals surface area contributed by atoms with Crippen LogP contribution in [0.3, 0.4) is 0 Å². The lowest BCUT2D eigenvalue weighted by Gasteiger charge is -2.18. The Morgan fingerprint density at radius 2 is 1.83 bits per heavy atom. The Morgan fingerprint density at radius 1 is 1.22 bits per heavy atom. The Hall–Kier alpha value is -0.900. The Labute approximate surface area is 110 Å². The minimum Gasteiger partial charge on any atom is -0.381 e. The first-order valence-electron chi connectivity index (χ1n) is 5.83. The maximum absolute atomic E-state index is 12.5. The van der Waals surface area contributed by atoms with Gasteiger partial charge in [0.25, 0.3) is 0 Å². The van der Waals surface area contributed by atoms with E-state index in [2.05, 4.69) is 19.2 Å². The molecule has 18 heavy (non-hydrogen) atoms. The number of benzene rings is 1. The van der Waals surface area contributed by atoms with Crippen molar-refractivity contribution in [3.63, 3.8) is 0 Å². The van der Waals surface area contributed by atoms with E-state index in [9.17, 15) is 13.2 Å². The van der Waals surface area contributed by atoms with Crippen LogP contribution in [-0.2, 0) is 6.18 Å². The summed E-state index contributed by atoms with van der Waals surface area (Å²) >= 11 is 5.85. The summed E-state index contributed by atoms with van der Waals surface area (Å²) in [5.74, 6) is 0.515. The van der Waals surface area contributed by atoms with Crippen LogP contribution in [0.15, 0.2) is 18.2 Å². The molecule has 0 saturated heterocycles. The molecule has 1 N–H and O–H groups in total. The third kappa shape index (κ3) is 4.41. The highest BCUT2D eigenvalue weighted by Crippen LogP contribution is 2.34. The first kappa shape index (κ1) is 15.2. The molecule has 0 radical (unpaired) electrons. The summed E-state index contributed by atoms with van der Waals surface area (Å²) < 4.78 is 37.4. The van der Waals surface area contributed by atoms with Gasteiger partial charge in [0.1, 0.15) is 0 Å². The molecule has 5 heteroatoms. The fourth-order valence-electron chi connectivity index (χ4n) is 1.84. The van der Waals surface area contributed by atoms with Crippen molar-refractivity contribution < 1.29 is 13.2 Å². The van der Waals surface area contributed by atoms with Crippen molar-refractivity contribution in [2.45, 2.75) is 39.4 Å². The van der Waals surface area contributed by atoms with Crippen LogP contribution < -0.4 is 5.32 Å². The van der Waals surface area contributed by atoms with Gasteiger partial charge in [-0.25, -0.2) is 0 Å². The molecule has 1 rings (SSSR count). The lowest BCUT2D eigenvalue weighted by molar-refractivity contribution is -0.137. The number of alkyl halides is 3. The number of nitrogens with one attached hydrogen (secondary N) is 1. The Kier molecular flexibility index (Phi) is 4.91. The lowest BCUT2D eigenvalue weighted by atomic mass is 10.0. The first-order valence-corrected chi connectivity index (χ1v) is 6.21. The van der Waals surface area contributed by atoms with Gasteiger partial charge in [-0.15, -0.1) is 0 Å². The number of rotatable bonds is 4. The van der Waals surface area contributed by atoms with E-state index < -0.39 is 11.7 Å². The summed E-state index contributed by atoms with van der Waals surface area (Å²) in [7, 11) is 0. The molecule has 1 nitrogen and oxygen atoms in total. The van der Waals surface area contributed by atoms with E-state index in [0.29, 0.717) is 11.6 Å². The number of hydrogen-bond donors (Lipinski definition) is 1. The zero-order chi connectivity index (χ0) is 13.9. The number of anilines is 1. The highest BCUT2D eigenvalue weighted by molar-refractivity contribution is 6.33. The summed E-state index contributed by atoms with van der Waals surface area (Å²) in [6.45, 7) is 6.16. The summed E-state index contributed by atoms with van der Waals surface area (Å²) in [6.07, 6.45) is -3.43. The zero-order valence-electron chi connectivity index (χ0n) is 10.6. The Morgan fingerprint density at radius 3 is 2.28 bits per heavy atom. The van der Waals surface area contributed by atoms with Crippen molar-refractivity contribution in [2.24, 2.45) is 5.92 Å². The molecule has 0 aliphatic rings. The molecule has 102 valence electrons. The fraction of sp³-hybridized carbons (Fsp3) is 0.538. The van der Waals surface area contributed by atoms with Crippen LogP contribution in [0.2, 0.25) is 5.02 Å². The van der Waals surface area contributed by atoms with Gasteiger partial charge in [-0.05, 0) is 37.5 Å². The molecule has 0 amide bonds. The smallest absolute Gasteiger partial charge is 0.381 e. The number of hydrogen-bond acceptors (Lipinski definition) is 1. The standard InChI is InChI=1S/C13H17ClF3N/c1-8(2)6-9(3)18-12-5-4-10(7-11(12)14)13(15,16)17/h4-5,7-9,18H,6H2,1-3H3. The molecule has 0 spiro atoms. The van der Waals surface area contributed by atoms with Crippen LogP contribution in [0.5, 0.6) is 0 Å². The minimum absolute atomic E-state index is 0.0976. The van der Waals surface area contributed by atoms with E-state index in [1.807, 2.05) is 6.92 Å². The van der Waals surface area contributed by atoms with Crippen LogP contribution in [0.4, 0.5) is 18.9 Å². The topological polar surface area (TPSA) is 12.0 Å². The predicted molar refractivity (Wildman–Crippen MR) is 69.0 cm³/mol. The fourth-order valence-corrected chi connectivity index (χ4v) is 2.08. The second-order valence-corrected chi connectivity index (χ2v) is 5.27. The molecule has 1 unspecified atom stereocenters. The van der Waals surface area contributed by atoms with Gasteiger partial charge in [-0.2, -0.15) is 13.2 Å². The molecule has 1 aromatic carbocycles. The van der Waals surface area contributed by atoms with E-state index in [0.717, 1.165) is 18.6 Å². The summed E-state index contributed by atoms with van der Waals surface area (Å²) in [5.41, 5.74) is -0.188. The van der Waals surface area contributed by atoms with Gasteiger partial charge in [-0.1, -0.05) is 25.4 Å². The zero-order valence-corrected chi connectivity index (χ0v) is 11.4. The second-order valence-electron chi connectivity index (χ2n) is 4.87. The van der Waals surface area contributed by atoms with Gasteiger partial charge in [0, 0.05) is 6.04 Å². The van der Waals surface area contributed by atoms with E-state index in [4.69, 9.17) is 11.6 Å². The molecule has 0 aromatic heterocycles. The van der Waals surface area contributed by atoms with Crippen molar-refractivity contribution in [2.75, 3.05) is 5.32 Å². The second kappa shape index (κ2) is 5.83. The van der Waals surface area contributed by atoms with Gasteiger partial charge in [0.05, 0.1) is 16.3 Å². The molecule has 0 saturated carbocycles. The van der Waals surface area contributed by atoms with Crippen molar-refractivity contribution in [1.29, 1.82) is 0 Å². The quantitative estimate of drug-likeness (QED) is 0.798. The van der Waals surface area contributed by atoms with Gasteiger partial charge >= 0.3 is 6.18 Å². The molecule has 0 heterocycles. The van der Waals surface area contributed by atoms with Crippen LogP contribution in [0.25, 0.3) is 0 Å². The van der Waals surface area contributed by atoms with Crippen molar-refractivity contribution >= 4 is 17.3 Å². The van der Waals surface area contributed by atoms with Crippen LogP contribution in [-0.4, -0.2) is 6.04 Å². The third-order valence-electron chi connectivity index (χ3n) is 2.52. The molecule has 1 atom stereocenters. The molecule has 0 fully saturated rings. The molecular formula is C13H17ClF3N. The maximum atomic E-state index is 12.5. The van der Waals surface area contributed by atoms with Gasteiger partial charge in [-0.3, -0.25) is 0 Å². The average molecular weight is 280 g/mol. The summed E-state index contributed by atoms with van der Waals surface area (Å²) in [6, 6.07) is 3.53. The Bertz CT molecular complexity index is 402. The molecule has 1 aromatic rings. The lowest BCUT2D eigenvalue weighted by Crippen LogP contribution is -2.17. The molecular weight excluding hydrogens is 263 g/mol. The summed E-state index contributed by atoms with van der Waals surface area (Å²) in [4.78, 5) is 0. The normalized spacial score (nSPS) is 13.8. The number of halogens is 4. The highest BCUT2D eigenvalue weighted by atomic mass is 35.5. The van der Waals surface area contributed by atoms with E-state index in [1.165, 1.54) is 6.07 Å². The summed E-state index contributed by atoms with van der Waals surface area (Å²) in [5, 5.41) is 3.22. The minimum atomic E-state index is -4.36. The van der Waals surface area contributed by atoms with Gasteiger partial charge in [0.2, 0.25) is 0 Å². The average Bonchev–Trinajstić information content (AvgIpc) is 2.18. The first-order chi connectivity index (χ1) is 8.20.